The van der Waals surface area contributed by atoms with Crippen molar-refractivity contribution in [2.75, 3.05) is 0 Å². The average Bonchev–Trinajstić information content (AvgIpc) is 2.44. The predicted octanol–water partition coefficient (Wildman–Crippen LogP) is 3.25. The largest absolute Gasteiger partial charge is 0.311 e. The summed E-state index contributed by atoms with van der Waals surface area (Å²) >= 11 is 0. The molecule has 0 aliphatic carbocycles. The molecular weight excluding hydrogens is 222 g/mol. The van der Waals surface area contributed by atoms with Crippen LogP contribution >= 0.6 is 0 Å². The maximum atomic E-state index is 12.4. The van der Waals surface area contributed by atoms with Crippen molar-refractivity contribution in [2.45, 2.75) is 13.3 Å². The highest BCUT2D eigenvalue weighted by molar-refractivity contribution is 6.06. The van der Waals surface area contributed by atoms with Gasteiger partial charge >= 0.3 is 0 Å². The minimum absolute atomic E-state index is 0.0824. The number of pyridine rings is 1. The van der Waals surface area contributed by atoms with Gasteiger partial charge in [0.25, 0.3) is 5.56 Å². The Balaban J connectivity index is 2.69. The lowest BCUT2D eigenvalue weighted by Gasteiger charge is -2.12. The van der Waals surface area contributed by atoms with Crippen LogP contribution < -0.4 is 5.56 Å². The summed E-state index contributed by atoms with van der Waals surface area (Å²) in [6.45, 7) is 2.12. The van der Waals surface area contributed by atoms with Crippen LogP contribution in [0, 0.1) is 0 Å². The van der Waals surface area contributed by atoms with Gasteiger partial charge in [0.15, 0.2) is 0 Å². The fraction of sp³-hybridized carbons (Fsp3) is 0.188. The lowest BCUT2D eigenvalue weighted by atomic mass is 10.0. The van der Waals surface area contributed by atoms with E-state index >= 15 is 0 Å². The molecule has 0 spiro atoms. The Morgan fingerprint density at radius 3 is 2.33 bits per heavy atom. The molecule has 0 saturated carbocycles. The molecular formula is C16H15NO. The van der Waals surface area contributed by atoms with Crippen LogP contribution in [-0.4, -0.2) is 4.57 Å². The Kier molecular flexibility index (Phi) is 2.44. The number of hydrogen-bond acceptors (Lipinski definition) is 1. The molecule has 18 heavy (non-hydrogen) atoms. The van der Waals surface area contributed by atoms with Gasteiger partial charge in [0.2, 0.25) is 0 Å². The van der Waals surface area contributed by atoms with Gasteiger partial charge in [0.1, 0.15) is 0 Å². The van der Waals surface area contributed by atoms with E-state index in [-0.39, 0.29) is 5.56 Å². The molecule has 0 saturated heterocycles. The van der Waals surface area contributed by atoms with Crippen LogP contribution in [0.25, 0.3) is 21.7 Å². The molecule has 0 amide bonds. The van der Waals surface area contributed by atoms with Crippen molar-refractivity contribution in [3.05, 3.63) is 58.4 Å². The summed E-state index contributed by atoms with van der Waals surface area (Å²) in [6, 6.07) is 14.1. The van der Waals surface area contributed by atoms with Crippen LogP contribution in [0.5, 0.6) is 0 Å². The maximum Gasteiger partial charge on any atom is 0.258 e. The van der Waals surface area contributed by atoms with Gasteiger partial charge in [0.05, 0.1) is 5.52 Å². The van der Waals surface area contributed by atoms with E-state index in [9.17, 15) is 4.79 Å². The van der Waals surface area contributed by atoms with Gasteiger partial charge in [-0.2, -0.15) is 0 Å². The Labute approximate surface area is 105 Å². The molecule has 0 radical (unpaired) electrons. The molecule has 0 N–H and O–H groups in total. The molecule has 1 aromatic heterocycles. The highest BCUT2D eigenvalue weighted by Gasteiger charge is 2.09. The van der Waals surface area contributed by atoms with Gasteiger partial charge in [-0.3, -0.25) is 4.79 Å². The van der Waals surface area contributed by atoms with Crippen LogP contribution in [0.4, 0.5) is 0 Å². The van der Waals surface area contributed by atoms with Gasteiger partial charge in [-0.25, -0.2) is 0 Å². The fourth-order valence-corrected chi connectivity index (χ4v) is 2.68. The van der Waals surface area contributed by atoms with E-state index in [1.807, 2.05) is 31.3 Å². The van der Waals surface area contributed by atoms with Gasteiger partial charge in [-0.1, -0.05) is 43.3 Å². The van der Waals surface area contributed by atoms with Crippen molar-refractivity contribution in [2.24, 2.45) is 7.05 Å². The smallest absolute Gasteiger partial charge is 0.258 e. The summed E-state index contributed by atoms with van der Waals surface area (Å²) in [6.07, 6.45) is 0.933. The number of aryl methyl sites for hydroxylation is 2. The first-order valence-corrected chi connectivity index (χ1v) is 6.23. The quantitative estimate of drug-likeness (QED) is 0.595. The number of fused-ring (bicyclic) bond motifs is 3. The van der Waals surface area contributed by atoms with E-state index in [1.165, 1.54) is 5.56 Å². The first kappa shape index (κ1) is 11.0. The van der Waals surface area contributed by atoms with Crippen LogP contribution in [0.2, 0.25) is 0 Å². The SMILES string of the molecule is CCc1cccc2c3ccccc3c(=O)n(C)c12. The molecule has 2 heteroatoms. The molecule has 0 aliphatic rings. The van der Waals surface area contributed by atoms with Gasteiger partial charge in [-0.05, 0) is 23.4 Å². The van der Waals surface area contributed by atoms with Crippen molar-refractivity contribution < 1.29 is 0 Å². The maximum absolute atomic E-state index is 12.4. The third kappa shape index (κ3) is 1.39. The van der Waals surface area contributed by atoms with Gasteiger partial charge < -0.3 is 4.57 Å². The molecule has 3 aromatic rings. The lowest BCUT2D eigenvalue weighted by molar-refractivity contribution is 0.907. The van der Waals surface area contributed by atoms with E-state index in [0.29, 0.717) is 0 Å². The van der Waals surface area contributed by atoms with Gasteiger partial charge in [0, 0.05) is 17.8 Å². The second-order valence-corrected chi connectivity index (χ2v) is 4.58. The zero-order valence-corrected chi connectivity index (χ0v) is 10.6. The molecule has 3 rings (SSSR count). The molecule has 0 aliphatic heterocycles. The van der Waals surface area contributed by atoms with Crippen molar-refractivity contribution >= 4 is 21.7 Å². The molecule has 2 nitrogen and oxygen atoms in total. The normalized spacial score (nSPS) is 11.2. The zero-order chi connectivity index (χ0) is 12.7. The predicted molar refractivity (Wildman–Crippen MR) is 76.1 cm³/mol. The molecule has 2 aromatic carbocycles. The standard InChI is InChI=1S/C16H15NO/c1-3-11-7-6-10-13-12-8-4-5-9-14(12)16(18)17(2)15(11)13/h4-10H,3H2,1-2H3. The molecule has 90 valence electrons. The van der Waals surface area contributed by atoms with E-state index in [2.05, 4.69) is 25.1 Å². The number of rotatable bonds is 1. The van der Waals surface area contributed by atoms with Crippen molar-refractivity contribution in [3.8, 4) is 0 Å². The number of benzene rings is 2. The fourth-order valence-electron chi connectivity index (χ4n) is 2.68. The van der Waals surface area contributed by atoms with Crippen molar-refractivity contribution in [1.29, 1.82) is 0 Å². The Morgan fingerprint density at radius 2 is 1.61 bits per heavy atom. The number of aromatic nitrogens is 1. The molecule has 1 heterocycles. The van der Waals surface area contributed by atoms with Crippen molar-refractivity contribution in [3.63, 3.8) is 0 Å². The van der Waals surface area contributed by atoms with E-state index in [0.717, 1.165) is 28.1 Å². The van der Waals surface area contributed by atoms with Gasteiger partial charge in [-0.15, -0.1) is 0 Å². The topological polar surface area (TPSA) is 22.0 Å². The molecule has 0 atom stereocenters. The summed E-state index contributed by atoms with van der Waals surface area (Å²) in [4.78, 5) is 12.4. The lowest BCUT2D eigenvalue weighted by Crippen LogP contribution is -2.18. The first-order valence-electron chi connectivity index (χ1n) is 6.23. The number of nitrogens with zero attached hydrogens (tertiary/aromatic N) is 1. The van der Waals surface area contributed by atoms with Crippen LogP contribution in [0.1, 0.15) is 12.5 Å². The van der Waals surface area contributed by atoms with E-state index < -0.39 is 0 Å². The number of hydrogen-bond donors (Lipinski definition) is 0. The Morgan fingerprint density at radius 1 is 0.944 bits per heavy atom. The van der Waals surface area contributed by atoms with Crippen LogP contribution in [0.3, 0.4) is 0 Å². The zero-order valence-electron chi connectivity index (χ0n) is 10.6. The highest BCUT2D eigenvalue weighted by atomic mass is 16.1. The summed E-state index contributed by atoms with van der Waals surface area (Å²) in [5.74, 6) is 0. The third-order valence-electron chi connectivity index (χ3n) is 3.59. The molecule has 0 fully saturated rings. The monoisotopic (exact) mass is 237 g/mol. The average molecular weight is 237 g/mol. The number of para-hydroxylation sites is 1. The highest BCUT2D eigenvalue weighted by Crippen LogP contribution is 2.24. The molecule has 0 bridgehead atoms. The van der Waals surface area contributed by atoms with E-state index in [4.69, 9.17) is 0 Å². The van der Waals surface area contributed by atoms with Crippen LogP contribution in [-0.2, 0) is 13.5 Å². The summed E-state index contributed by atoms with van der Waals surface area (Å²) in [7, 11) is 1.86. The van der Waals surface area contributed by atoms with Crippen LogP contribution in [0.15, 0.2) is 47.3 Å². The third-order valence-corrected chi connectivity index (χ3v) is 3.59. The summed E-state index contributed by atoms with van der Waals surface area (Å²) < 4.78 is 1.77. The summed E-state index contributed by atoms with van der Waals surface area (Å²) in [5, 5.41) is 3.00. The first-order chi connectivity index (χ1) is 8.74. The minimum Gasteiger partial charge on any atom is -0.311 e. The molecule has 0 unspecified atom stereocenters. The Hall–Kier alpha value is -2.09. The Bertz CT molecular complexity index is 799. The van der Waals surface area contributed by atoms with E-state index in [1.54, 1.807) is 4.57 Å². The van der Waals surface area contributed by atoms with Crippen molar-refractivity contribution in [1.82, 2.24) is 4.57 Å². The minimum atomic E-state index is 0.0824. The second kappa shape index (κ2) is 3.98. The second-order valence-electron chi connectivity index (χ2n) is 4.58. The summed E-state index contributed by atoms with van der Waals surface area (Å²) in [5.41, 5.74) is 2.36.